The summed E-state index contributed by atoms with van der Waals surface area (Å²) in [7, 11) is 0. The van der Waals surface area contributed by atoms with Crippen molar-refractivity contribution in [3.63, 3.8) is 0 Å². The van der Waals surface area contributed by atoms with Crippen molar-refractivity contribution in [2.24, 2.45) is 0 Å². The van der Waals surface area contributed by atoms with E-state index in [1.54, 1.807) is 0 Å². The minimum absolute atomic E-state index is 1.34. The highest BCUT2D eigenvalue weighted by molar-refractivity contribution is 7.20. The van der Waals surface area contributed by atoms with Gasteiger partial charge >= 0.3 is 22.6 Å². The summed E-state index contributed by atoms with van der Waals surface area (Å²) in [6.45, 7) is 2.11. The molecule has 0 aliphatic rings. The molecule has 0 saturated heterocycles. The Morgan fingerprint density at radius 2 is 0.472 bits per heavy atom. The molecule has 1 radical (unpaired) electrons. The average molecular weight is 897 g/mol. The maximum Gasteiger partial charge on any atom is 0.624 e. The largest absolute Gasteiger partial charge is 0.624 e. The number of halogens is 21. The van der Waals surface area contributed by atoms with Crippen molar-refractivity contribution in [1.82, 2.24) is 0 Å². The Kier molecular flexibility index (Phi) is 11.5. The zero-order valence-corrected chi connectivity index (χ0v) is 27.0. The highest BCUT2D eigenvalue weighted by atomic mass is 127. The number of rotatable bonds is 4. The van der Waals surface area contributed by atoms with Crippen LogP contribution in [0.15, 0.2) is 24.3 Å². The van der Waals surface area contributed by atoms with E-state index in [9.17, 15) is 52.7 Å². The average Bonchev–Trinajstić information content (AvgIpc) is 3.13. The molecule has 0 aliphatic carbocycles. The molecule has 0 unspecified atom stereocenters. The molecular weight excluding hydrogens is 890 g/mol. The summed E-state index contributed by atoms with van der Waals surface area (Å²) in [5, 5.41) is 0. The maximum absolute atomic E-state index is 15.4. The van der Waals surface area contributed by atoms with Gasteiger partial charge in [0.15, 0.2) is 69.8 Å². The molecule has 0 bridgehead atoms. The molecule has 0 atom stereocenters. The summed E-state index contributed by atoms with van der Waals surface area (Å²) in [5.41, 5.74) is -13.0. The van der Waals surface area contributed by atoms with Gasteiger partial charge in [0.25, 0.3) is 0 Å². The molecular formula is C31H7BF20I. The summed E-state index contributed by atoms with van der Waals surface area (Å²) >= 11 is 2.32. The first-order valence-electron chi connectivity index (χ1n) is 13.5. The second kappa shape index (κ2) is 14.7. The molecule has 22 heteroatoms. The molecule has 0 fully saturated rings. The summed E-state index contributed by atoms with van der Waals surface area (Å²) in [5.74, 6) is -71.4. The summed E-state index contributed by atoms with van der Waals surface area (Å²) in [6, 6.07) is 8.32. The van der Waals surface area contributed by atoms with Crippen LogP contribution in [0.5, 0.6) is 0 Å². The first-order valence-corrected chi connectivity index (χ1v) is 14.5. The second-order valence-electron chi connectivity index (χ2n) is 10.5. The van der Waals surface area contributed by atoms with E-state index >= 15 is 35.1 Å². The van der Waals surface area contributed by atoms with Crippen LogP contribution in [0.1, 0.15) is 5.56 Å². The first-order chi connectivity index (χ1) is 24.5. The maximum atomic E-state index is 15.4. The lowest BCUT2D eigenvalue weighted by Crippen LogP contribution is -3.34. The molecule has 0 aromatic heterocycles. The van der Waals surface area contributed by atoms with E-state index in [4.69, 9.17) is 0 Å². The molecule has 5 aromatic carbocycles. The fraction of sp³-hybridized carbons (Fsp3) is 0.0323. The van der Waals surface area contributed by atoms with Gasteiger partial charge in [-0.05, 0) is 13.0 Å². The van der Waals surface area contributed by atoms with Crippen LogP contribution in [0.25, 0.3) is 0 Å². The molecule has 0 saturated carbocycles. The quantitative estimate of drug-likeness (QED) is 0.0818. The van der Waals surface area contributed by atoms with Gasteiger partial charge in [-0.1, -0.05) is 18.2 Å². The number of aryl methyl sites for hydroxylation is 1. The van der Waals surface area contributed by atoms with Crippen molar-refractivity contribution in [1.29, 1.82) is 0 Å². The van der Waals surface area contributed by atoms with Crippen molar-refractivity contribution >= 4 is 28.0 Å². The minimum Gasteiger partial charge on any atom is -0.207 e. The molecule has 0 heterocycles. The lowest BCUT2D eigenvalue weighted by Gasteiger charge is -2.44. The Labute approximate surface area is 294 Å². The van der Waals surface area contributed by atoms with Crippen LogP contribution in [0.2, 0.25) is 0 Å². The molecule has 5 rings (SSSR count). The molecule has 0 N–H and O–H groups in total. The van der Waals surface area contributed by atoms with Crippen molar-refractivity contribution in [2.45, 2.75) is 6.92 Å². The third-order valence-electron chi connectivity index (χ3n) is 7.78. The monoisotopic (exact) mass is 897 g/mol. The highest BCUT2D eigenvalue weighted by Crippen LogP contribution is 2.30. The van der Waals surface area contributed by atoms with Crippen LogP contribution >= 0.6 is 0 Å². The van der Waals surface area contributed by atoms with Crippen molar-refractivity contribution in [3.05, 3.63) is 150 Å². The Morgan fingerprint density at radius 1 is 0.302 bits per heavy atom. The Bertz CT molecular complexity index is 1920. The van der Waals surface area contributed by atoms with Crippen LogP contribution in [-0.4, -0.2) is 6.15 Å². The van der Waals surface area contributed by atoms with Crippen molar-refractivity contribution in [3.8, 4) is 0 Å². The van der Waals surface area contributed by atoms with E-state index in [-0.39, 0.29) is 0 Å². The molecule has 281 valence electrons. The van der Waals surface area contributed by atoms with E-state index in [1.807, 2.05) is 0 Å². The number of hydrogen-bond acceptors (Lipinski definition) is 0. The molecule has 5 aromatic rings. The third kappa shape index (κ3) is 6.14. The smallest absolute Gasteiger partial charge is 0.207 e. The van der Waals surface area contributed by atoms with Gasteiger partial charge in [0, 0.05) is 5.56 Å². The summed E-state index contributed by atoms with van der Waals surface area (Å²) < 4.78 is 295. The van der Waals surface area contributed by atoms with Gasteiger partial charge in [-0.2, -0.15) is 0 Å². The lowest BCUT2D eigenvalue weighted by atomic mass is 9.12. The van der Waals surface area contributed by atoms with Gasteiger partial charge in [-0.3, -0.25) is 0 Å². The van der Waals surface area contributed by atoms with Gasteiger partial charge in [0.1, 0.15) is 52.7 Å². The molecule has 0 nitrogen and oxygen atoms in total. The zero-order valence-electron chi connectivity index (χ0n) is 24.8. The normalized spacial score (nSPS) is 11.6. The van der Waals surface area contributed by atoms with Crippen LogP contribution in [0.4, 0.5) is 87.8 Å². The summed E-state index contributed by atoms with van der Waals surface area (Å²) in [4.78, 5) is 0. The van der Waals surface area contributed by atoms with E-state index in [0.29, 0.717) is 0 Å². The zero-order chi connectivity index (χ0) is 40.3. The minimum atomic E-state index is -7.22. The van der Waals surface area contributed by atoms with Crippen LogP contribution in [0.3, 0.4) is 0 Å². The van der Waals surface area contributed by atoms with E-state index in [0.717, 1.165) is 0 Å². The Hall–Kier alpha value is -4.51. The summed E-state index contributed by atoms with van der Waals surface area (Å²) in [6.07, 6.45) is -7.22. The van der Waals surface area contributed by atoms with Crippen LogP contribution in [-0.2, 0) is 0 Å². The highest BCUT2D eigenvalue weighted by Gasteiger charge is 2.52. The third-order valence-corrected chi connectivity index (χ3v) is 8.99. The van der Waals surface area contributed by atoms with Gasteiger partial charge < -0.3 is 0 Å². The SMILES string of the molecule is Cc1ccccc1[I+].Fc1c(F)c(F)c([B-](c2c(F)c(F)c(F)c(F)c2F)(c2c(F)c(F)c(F)c(F)c2F)c2c(F)c(F)c(F)c(F)c2F)c(F)c1F. The predicted octanol–water partition coefficient (Wildman–Crippen LogP) is 4.56. The molecule has 0 spiro atoms. The second-order valence-corrected chi connectivity index (χ2v) is 11.7. The fourth-order valence-electron chi connectivity index (χ4n) is 5.43. The van der Waals surface area contributed by atoms with Gasteiger partial charge in [-0.25, -0.2) is 87.8 Å². The Balaban J connectivity index is 0.000000692. The number of hydrogen-bond donors (Lipinski definition) is 0. The van der Waals surface area contributed by atoms with E-state index < -0.39 is 144 Å². The van der Waals surface area contributed by atoms with Crippen molar-refractivity contribution < 1.29 is 110 Å². The predicted molar refractivity (Wildman–Crippen MR) is 139 cm³/mol. The fourth-order valence-corrected chi connectivity index (χ4v) is 5.81. The lowest BCUT2D eigenvalue weighted by molar-refractivity contribution is -0.329. The van der Waals surface area contributed by atoms with Crippen LogP contribution in [0, 0.1) is 127 Å². The molecule has 0 amide bonds. The van der Waals surface area contributed by atoms with Gasteiger partial charge in [0.05, 0.1) is 0 Å². The molecule has 53 heavy (non-hydrogen) atoms. The van der Waals surface area contributed by atoms with Gasteiger partial charge in [0.2, 0.25) is 3.57 Å². The Morgan fingerprint density at radius 3 is 0.623 bits per heavy atom. The standard InChI is InChI=1S/C24BF20.C7H7I/c26-5-1(6(27)14(35)21(42)13(5)34)25(2-7(28)15(36)22(43)16(37)8(2)29,3-9(30)17(38)23(44)18(39)10(3)31)4-11(32)19(40)24(45)20(41)12(4)33;1-6-4-2-3-5-7(6)8/h;2-5H,1H3/q-1;+1. The number of benzene rings is 5. The first kappa shape index (κ1) is 41.3. The van der Waals surface area contributed by atoms with E-state index in [2.05, 4.69) is 53.8 Å². The van der Waals surface area contributed by atoms with Crippen LogP contribution < -0.4 is 44.4 Å². The topological polar surface area (TPSA) is 0 Å². The molecule has 0 aliphatic heterocycles. The van der Waals surface area contributed by atoms with E-state index in [1.165, 1.54) is 9.13 Å². The van der Waals surface area contributed by atoms with Gasteiger partial charge in [-0.15, -0.1) is 21.9 Å². The van der Waals surface area contributed by atoms with Crippen molar-refractivity contribution in [2.75, 3.05) is 0 Å².